The van der Waals surface area contributed by atoms with Crippen LogP contribution in [0.3, 0.4) is 0 Å². The number of nitro benzene ring substituents is 1. The number of nitrogens with zero attached hydrogens (tertiary/aromatic N) is 5. The average Bonchev–Trinajstić information content (AvgIpc) is 3.15. The maximum absolute atomic E-state index is 12.7. The van der Waals surface area contributed by atoms with Crippen molar-refractivity contribution in [1.82, 2.24) is 0 Å². The zero-order valence-corrected chi connectivity index (χ0v) is 36.1. The number of non-ortho nitro benzene ring substituents is 1. The van der Waals surface area contributed by atoms with Crippen LogP contribution in [0.25, 0.3) is 10.4 Å². The monoisotopic (exact) mass is 826 g/mol. The molecule has 2 atom stereocenters. The molecule has 0 aliphatic heterocycles. The van der Waals surface area contributed by atoms with Gasteiger partial charge in [0.2, 0.25) is 0 Å². The number of esters is 2. The van der Waals surface area contributed by atoms with E-state index in [1.807, 2.05) is 21.1 Å². The molecule has 0 bridgehead atoms. The maximum Gasteiger partial charge on any atom is 0.306 e. The third-order valence-electron chi connectivity index (χ3n) is 9.36. The molecule has 0 radical (unpaired) electrons. The lowest BCUT2D eigenvalue weighted by Gasteiger charge is -2.28. The number of benzene rings is 1. The summed E-state index contributed by atoms with van der Waals surface area (Å²) in [6.45, 7) is 2.45. The Hall–Kier alpha value is -3.26. The van der Waals surface area contributed by atoms with Crippen molar-refractivity contribution in [1.29, 1.82) is 0 Å². The van der Waals surface area contributed by atoms with Crippen molar-refractivity contribution < 1.29 is 47.0 Å². The molecule has 0 aliphatic carbocycles. The minimum atomic E-state index is -4.66. The van der Waals surface area contributed by atoms with Crippen molar-refractivity contribution in [3.05, 3.63) is 38.8 Å². The lowest BCUT2D eigenvalue weighted by atomic mass is 10.1. The first kappa shape index (κ1) is 51.8. The van der Waals surface area contributed by atoms with Crippen LogP contribution in [0, 0.1) is 10.1 Å². The number of likely N-dealkylation sites (N-methyl/N-ethyl adjacent to an activating group) is 1. The molecule has 1 aromatic carbocycles. The minimum absolute atomic E-state index is 0.0613. The van der Waals surface area contributed by atoms with Crippen LogP contribution in [-0.2, 0) is 32.7 Å². The second-order valence-corrected chi connectivity index (χ2v) is 17.1. The first-order chi connectivity index (χ1) is 27.3. The summed E-state index contributed by atoms with van der Waals surface area (Å²) in [5.41, 5.74) is 9.38. The predicted molar refractivity (Wildman–Crippen MR) is 221 cm³/mol. The lowest BCUT2D eigenvalue weighted by molar-refractivity contribution is -0.870. The summed E-state index contributed by atoms with van der Waals surface area (Å²) in [5.74, 6) is -0.929. The number of azide groups is 1. The number of unbranched alkanes of at least 4 members (excludes halogenated alkanes) is 18. The second kappa shape index (κ2) is 31.7. The predicted octanol–water partition coefficient (Wildman–Crippen LogP) is 10.2. The summed E-state index contributed by atoms with van der Waals surface area (Å²) in [6, 6.07) is 4.17. The van der Waals surface area contributed by atoms with Gasteiger partial charge < -0.3 is 33.2 Å². The number of nitro groups is 1. The van der Waals surface area contributed by atoms with E-state index >= 15 is 0 Å². The van der Waals surface area contributed by atoms with Gasteiger partial charge in [-0.1, -0.05) is 121 Å². The molecule has 0 saturated heterocycles. The first-order valence-electron chi connectivity index (χ1n) is 21.1. The highest BCUT2D eigenvalue weighted by Crippen LogP contribution is 2.38. The van der Waals surface area contributed by atoms with Gasteiger partial charge in [0.05, 0.1) is 38.4 Å². The number of hydrogen-bond donors (Lipinski definition) is 1. The van der Waals surface area contributed by atoms with Crippen molar-refractivity contribution >= 4 is 36.8 Å². The van der Waals surface area contributed by atoms with Crippen LogP contribution in [0.5, 0.6) is 0 Å². The maximum atomic E-state index is 12.7. The van der Waals surface area contributed by atoms with Gasteiger partial charge in [0, 0.05) is 42.1 Å². The Labute approximate surface area is 340 Å². The Morgan fingerprint density at radius 2 is 1.35 bits per heavy atom. The summed E-state index contributed by atoms with van der Waals surface area (Å²) in [6.07, 6.45) is 20.7. The average molecular weight is 827 g/mol. The molecule has 17 heteroatoms. The molecule has 0 amide bonds. The summed E-state index contributed by atoms with van der Waals surface area (Å²) in [4.78, 5) is 50.7. The number of rotatable bonds is 37. The molecule has 1 unspecified atom stereocenters. The van der Waals surface area contributed by atoms with Gasteiger partial charge in [0.25, 0.3) is 13.5 Å². The van der Waals surface area contributed by atoms with Crippen molar-refractivity contribution in [3.63, 3.8) is 0 Å². The number of quaternary nitrogens is 1. The minimum Gasteiger partial charge on any atom is -0.756 e. The summed E-state index contributed by atoms with van der Waals surface area (Å²) >= 11 is 0. The van der Waals surface area contributed by atoms with Gasteiger partial charge in [-0.15, -0.1) is 0 Å². The fourth-order valence-electron chi connectivity index (χ4n) is 5.96. The van der Waals surface area contributed by atoms with Gasteiger partial charge in [0.1, 0.15) is 19.8 Å². The van der Waals surface area contributed by atoms with E-state index in [1.165, 1.54) is 57.1 Å². The summed E-state index contributed by atoms with van der Waals surface area (Å²) < 4.78 is 33.8. The SMILES string of the molecule is CCCCCCCCCCCCCC(=O)OC[C@H](COP(=O)([O-])OCC[N+](C)(C)C)OC(=O)CCCCCCCCCCCNc1ccc([N+](=O)[O-])cc1N=[N+]=[N-]. The molecule has 0 heterocycles. The van der Waals surface area contributed by atoms with Crippen molar-refractivity contribution in [3.8, 4) is 0 Å². The molecule has 16 nitrogen and oxygen atoms in total. The van der Waals surface area contributed by atoms with Gasteiger partial charge in [-0.05, 0) is 30.9 Å². The van der Waals surface area contributed by atoms with E-state index in [-0.39, 0.29) is 37.4 Å². The van der Waals surface area contributed by atoms with Crippen molar-refractivity contribution in [2.45, 2.75) is 154 Å². The summed E-state index contributed by atoms with van der Waals surface area (Å²) in [5, 5.41) is 17.7. The van der Waals surface area contributed by atoms with E-state index in [9.17, 15) is 29.2 Å². The zero-order valence-electron chi connectivity index (χ0n) is 35.2. The Balaban J connectivity index is 2.33. The van der Waals surface area contributed by atoms with Gasteiger partial charge in [-0.2, -0.15) is 0 Å². The van der Waals surface area contributed by atoms with Gasteiger partial charge in [-0.3, -0.25) is 24.3 Å². The largest absolute Gasteiger partial charge is 0.756 e. The number of ether oxygens (including phenoxy) is 2. The fraction of sp³-hybridized carbons (Fsp3) is 0.800. The van der Waals surface area contributed by atoms with E-state index in [0.29, 0.717) is 36.1 Å². The molecule has 0 aliphatic rings. The number of carbonyl (C=O) groups excluding carboxylic acids is 2. The number of nitrogens with one attached hydrogen (secondary N) is 1. The Morgan fingerprint density at radius 3 is 1.88 bits per heavy atom. The number of phosphoric ester groups is 1. The van der Waals surface area contributed by atoms with E-state index in [4.69, 9.17) is 24.1 Å². The lowest BCUT2D eigenvalue weighted by Crippen LogP contribution is -2.37. The van der Waals surface area contributed by atoms with E-state index in [1.54, 1.807) is 6.07 Å². The summed E-state index contributed by atoms with van der Waals surface area (Å²) in [7, 11) is 1.06. The molecule has 1 rings (SSSR count). The topological polar surface area (TPSA) is 215 Å². The van der Waals surface area contributed by atoms with Crippen LogP contribution in [0.15, 0.2) is 23.3 Å². The van der Waals surface area contributed by atoms with Crippen molar-refractivity contribution in [2.75, 3.05) is 59.4 Å². The van der Waals surface area contributed by atoms with E-state index in [0.717, 1.165) is 70.6 Å². The normalized spacial score (nSPS) is 13.0. The molecule has 0 fully saturated rings. The number of hydrogen-bond acceptors (Lipinski definition) is 12. The zero-order chi connectivity index (χ0) is 42.2. The molecule has 1 aromatic rings. The molecule has 0 aromatic heterocycles. The molecule has 0 saturated carbocycles. The number of carbonyl (C=O) groups is 2. The molecule has 1 N–H and O–H groups in total. The molecule has 57 heavy (non-hydrogen) atoms. The first-order valence-corrected chi connectivity index (χ1v) is 22.6. The fourth-order valence-corrected chi connectivity index (χ4v) is 6.69. The van der Waals surface area contributed by atoms with Crippen molar-refractivity contribution in [2.24, 2.45) is 5.11 Å². The Kier molecular flexibility index (Phi) is 28.8. The molecule has 0 spiro atoms. The van der Waals surface area contributed by atoms with E-state index < -0.39 is 37.4 Å². The third-order valence-corrected chi connectivity index (χ3v) is 10.3. The van der Waals surface area contributed by atoms with Crippen LogP contribution in [0.2, 0.25) is 0 Å². The van der Waals surface area contributed by atoms with E-state index in [2.05, 4.69) is 22.3 Å². The Morgan fingerprint density at radius 1 is 0.825 bits per heavy atom. The number of phosphoric acid groups is 1. The van der Waals surface area contributed by atoms with Crippen LogP contribution < -0.4 is 10.2 Å². The Bertz CT molecular complexity index is 1370. The molecule has 326 valence electrons. The highest BCUT2D eigenvalue weighted by Gasteiger charge is 2.22. The standard InChI is InChI=1S/C40H71N6O10P/c1-5-6-7-8-9-10-11-13-16-19-22-25-39(47)53-33-36(34-55-57(51,52)54-31-30-46(2,3)4)56-40(48)26-23-20-17-14-12-15-18-21-24-29-42-37-28-27-35(45(49)50)32-38(37)43-44-41/h27-28,32,36,42H,5-26,29-31,33-34H2,1-4H3/t36-/m1/s1. The van der Waals surface area contributed by atoms with Crippen LogP contribution in [0.4, 0.5) is 17.1 Å². The molecular formula is C40H71N6O10P. The van der Waals surface area contributed by atoms with Crippen LogP contribution in [-0.4, -0.2) is 81.5 Å². The smallest absolute Gasteiger partial charge is 0.306 e. The van der Waals surface area contributed by atoms with Gasteiger partial charge >= 0.3 is 11.9 Å². The van der Waals surface area contributed by atoms with Crippen LogP contribution in [0.1, 0.15) is 148 Å². The second-order valence-electron chi connectivity index (χ2n) is 15.7. The van der Waals surface area contributed by atoms with Gasteiger partial charge in [-0.25, -0.2) is 0 Å². The third kappa shape index (κ3) is 29.6. The number of anilines is 1. The van der Waals surface area contributed by atoms with Gasteiger partial charge in [0.15, 0.2) is 6.10 Å². The van der Waals surface area contributed by atoms with Crippen LogP contribution >= 0.6 is 7.82 Å². The molecular weight excluding hydrogens is 755 g/mol. The highest BCUT2D eigenvalue weighted by atomic mass is 31.2. The highest BCUT2D eigenvalue weighted by molar-refractivity contribution is 7.45. The quantitative estimate of drug-likeness (QED) is 0.00766.